The lowest BCUT2D eigenvalue weighted by Gasteiger charge is -2.14. The van der Waals surface area contributed by atoms with Gasteiger partial charge in [-0.3, -0.25) is 14.8 Å². The zero-order chi connectivity index (χ0) is 21.3. The van der Waals surface area contributed by atoms with E-state index in [1.54, 1.807) is 12.1 Å². The third-order valence-corrected chi connectivity index (χ3v) is 4.83. The maximum atomic E-state index is 12.7. The minimum Gasteiger partial charge on any atom is -0.326 e. The number of anilines is 1. The second-order valence-corrected chi connectivity index (χ2v) is 7.12. The lowest BCUT2D eigenvalue weighted by molar-refractivity contribution is 0.0977. The number of carbonyl (C=O) groups excluding carboxylic acids is 1. The Morgan fingerprint density at radius 3 is 2.50 bits per heavy atom. The Bertz CT molecular complexity index is 1010. The van der Waals surface area contributed by atoms with E-state index in [1.165, 1.54) is 0 Å². The highest BCUT2D eigenvalue weighted by Crippen LogP contribution is 2.16. The van der Waals surface area contributed by atoms with Gasteiger partial charge in [0.1, 0.15) is 0 Å². The van der Waals surface area contributed by atoms with Crippen molar-refractivity contribution in [1.82, 2.24) is 15.1 Å². The van der Waals surface area contributed by atoms with Gasteiger partial charge in [0.05, 0.1) is 12.2 Å². The first-order chi connectivity index (χ1) is 14.6. The quantitative estimate of drug-likeness (QED) is 0.449. The van der Waals surface area contributed by atoms with E-state index in [4.69, 9.17) is 0 Å². The topological polar surface area (TPSA) is 71.3 Å². The summed E-state index contributed by atoms with van der Waals surface area (Å²) in [4.78, 5) is 17.4. The molecule has 6 heteroatoms. The second kappa shape index (κ2) is 10.4. The highest BCUT2D eigenvalue weighted by Gasteiger charge is 2.11. The van der Waals surface area contributed by atoms with Gasteiger partial charge in [0.25, 0.3) is 5.91 Å². The zero-order valence-electron chi connectivity index (χ0n) is 17.9. The Kier molecular flexibility index (Phi) is 7.38. The van der Waals surface area contributed by atoms with Gasteiger partial charge in [-0.05, 0) is 43.5 Å². The molecule has 0 atom stereocenters. The van der Waals surface area contributed by atoms with E-state index in [9.17, 15) is 4.79 Å². The largest absolute Gasteiger partial charge is 0.326 e. The van der Waals surface area contributed by atoms with Crippen LogP contribution in [0, 0.1) is 6.92 Å². The van der Waals surface area contributed by atoms with Crippen LogP contribution in [-0.2, 0) is 19.5 Å². The molecule has 0 aliphatic heterocycles. The Balaban J connectivity index is 1.84. The molecular formula is C24H29N5O. The number of aryl methyl sites for hydroxylation is 3. The van der Waals surface area contributed by atoms with Crippen LogP contribution in [0.3, 0.4) is 0 Å². The molecule has 0 aliphatic carbocycles. The standard InChI is InChI=1S/C24H29N5O/c1-4-15-29-17-21(18(3)28-29)16-25-24(26-22-14-10-9-11-19(22)5-2)27-23(30)20-12-7-6-8-13-20/h6-14,17H,4-5,15-16H2,1-3H3,(H2,25,26,27,30). The van der Waals surface area contributed by atoms with E-state index in [0.29, 0.717) is 18.1 Å². The fourth-order valence-electron chi connectivity index (χ4n) is 3.18. The monoisotopic (exact) mass is 403 g/mol. The van der Waals surface area contributed by atoms with Crippen molar-refractivity contribution in [1.29, 1.82) is 0 Å². The summed E-state index contributed by atoms with van der Waals surface area (Å²) in [5, 5.41) is 10.8. The van der Waals surface area contributed by atoms with Crippen LogP contribution in [-0.4, -0.2) is 21.6 Å². The summed E-state index contributed by atoms with van der Waals surface area (Å²) in [7, 11) is 0. The van der Waals surface area contributed by atoms with Crippen molar-refractivity contribution in [3.63, 3.8) is 0 Å². The van der Waals surface area contributed by atoms with Gasteiger partial charge in [0.2, 0.25) is 5.96 Å². The van der Waals surface area contributed by atoms with Gasteiger partial charge in [0, 0.05) is 29.6 Å². The average molecular weight is 404 g/mol. The second-order valence-electron chi connectivity index (χ2n) is 7.12. The number of rotatable bonds is 7. The Labute approximate surface area is 178 Å². The number of guanidine groups is 1. The van der Waals surface area contributed by atoms with Crippen LogP contribution in [0.1, 0.15) is 47.4 Å². The molecule has 3 aromatic rings. The number of para-hydroxylation sites is 1. The number of aliphatic imine (C=N–C) groups is 1. The first kappa shape index (κ1) is 21.3. The molecule has 0 saturated carbocycles. The summed E-state index contributed by atoms with van der Waals surface area (Å²) in [6.45, 7) is 7.52. The number of hydrogen-bond acceptors (Lipinski definition) is 3. The minimum absolute atomic E-state index is 0.200. The van der Waals surface area contributed by atoms with Crippen molar-refractivity contribution in [2.75, 3.05) is 5.32 Å². The predicted molar refractivity (Wildman–Crippen MR) is 122 cm³/mol. The first-order valence-corrected chi connectivity index (χ1v) is 10.4. The smallest absolute Gasteiger partial charge is 0.257 e. The molecule has 2 N–H and O–H groups in total. The van der Waals surface area contributed by atoms with Crippen molar-refractivity contribution >= 4 is 17.6 Å². The van der Waals surface area contributed by atoms with Crippen LogP contribution in [0.5, 0.6) is 0 Å². The number of hydrogen-bond donors (Lipinski definition) is 2. The van der Waals surface area contributed by atoms with E-state index in [0.717, 1.165) is 41.9 Å². The molecule has 3 rings (SSSR count). The molecule has 6 nitrogen and oxygen atoms in total. The maximum Gasteiger partial charge on any atom is 0.257 e. The van der Waals surface area contributed by atoms with E-state index in [1.807, 2.05) is 54.2 Å². The van der Waals surface area contributed by atoms with Crippen LogP contribution in [0.4, 0.5) is 5.69 Å². The molecule has 0 aliphatic rings. The Hall–Kier alpha value is -3.41. The highest BCUT2D eigenvalue weighted by molar-refractivity contribution is 6.10. The van der Waals surface area contributed by atoms with Crippen LogP contribution >= 0.6 is 0 Å². The molecule has 156 valence electrons. The van der Waals surface area contributed by atoms with E-state index >= 15 is 0 Å². The van der Waals surface area contributed by atoms with Crippen LogP contribution < -0.4 is 10.6 Å². The van der Waals surface area contributed by atoms with Crippen molar-refractivity contribution in [3.05, 3.63) is 83.2 Å². The summed E-state index contributed by atoms with van der Waals surface area (Å²) in [5.41, 5.74) is 4.68. The van der Waals surface area contributed by atoms with Gasteiger partial charge in [0.15, 0.2) is 0 Å². The van der Waals surface area contributed by atoms with Gasteiger partial charge in [-0.1, -0.05) is 50.2 Å². The maximum absolute atomic E-state index is 12.7. The third-order valence-electron chi connectivity index (χ3n) is 4.83. The molecule has 1 heterocycles. The fraction of sp³-hybridized carbons (Fsp3) is 0.292. The molecule has 0 spiro atoms. The normalized spacial score (nSPS) is 11.4. The molecule has 1 amide bonds. The minimum atomic E-state index is -0.200. The lowest BCUT2D eigenvalue weighted by Crippen LogP contribution is -2.36. The molecular weight excluding hydrogens is 374 g/mol. The van der Waals surface area contributed by atoms with Crippen molar-refractivity contribution < 1.29 is 4.79 Å². The van der Waals surface area contributed by atoms with Gasteiger partial charge < -0.3 is 5.32 Å². The van der Waals surface area contributed by atoms with Crippen molar-refractivity contribution in [2.24, 2.45) is 4.99 Å². The summed E-state index contributed by atoms with van der Waals surface area (Å²) in [6.07, 6.45) is 3.93. The van der Waals surface area contributed by atoms with Crippen molar-refractivity contribution in [2.45, 2.75) is 46.7 Å². The summed E-state index contributed by atoms with van der Waals surface area (Å²) in [6, 6.07) is 17.2. The number of amides is 1. The molecule has 30 heavy (non-hydrogen) atoms. The number of nitrogens with zero attached hydrogens (tertiary/aromatic N) is 3. The number of nitrogens with one attached hydrogen (secondary N) is 2. The van der Waals surface area contributed by atoms with Crippen LogP contribution in [0.2, 0.25) is 0 Å². The van der Waals surface area contributed by atoms with Gasteiger partial charge in [-0.15, -0.1) is 0 Å². The summed E-state index contributed by atoms with van der Waals surface area (Å²) < 4.78 is 1.95. The van der Waals surface area contributed by atoms with Gasteiger partial charge in [-0.2, -0.15) is 5.10 Å². The molecule has 2 aromatic carbocycles. The number of carbonyl (C=O) groups is 1. The van der Waals surface area contributed by atoms with Crippen LogP contribution in [0.15, 0.2) is 65.8 Å². The third kappa shape index (κ3) is 5.56. The predicted octanol–water partition coefficient (Wildman–Crippen LogP) is 4.56. The molecule has 1 aromatic heterocycles. The van der Waals surface area contributed by atoms with Gasteiger partial charge >= 0.3 is 0 Å². The van der Waals surface area contributed by atoms with E-state index < -0.39 is 0 Å². The van der Waals surface area contributed by atoms with Crippen molar-refractivity contribution in [3.8, 4) is 0 Å². The average Bonchev–Trinajstić information content (AvgIpc) is 3.12. The molecule has 0 unspecified atom stereocenters. The first-order valence-electron chi connectivity index (χ1n) is 10.4. The highest BCUT2D eigenvalue weighted by atomic mass is 16.1. The molecule has 0 saturated heterocycles. The van der Waals surface area contributed by atoms with E-state index in [-0.39, 0.29) is 5.91 Å². The zero-order valence-corrected chi connectivity index (χ0v) is 17.9. The SMILES string of the molecule is CCCn1cc(CN=C(NC(=O)c2ccccc2)Nc2ccccc2CC)c(C)n1. The summed E-state index contributed by atoms with van der Waals surface area (Å²) in [5.74, 6) is 0.224. The summed E-state index contributed by atoms with van der Waals surface area (Å²) >= 11 is 0. The Morgan fingerprint density at radius 1 is 1.03 bits per heavy atom. The number of benzene rings is 2. The molecule has 0 radical (unpaired) electrons. The molecule has 0 fully saturated rings. The lowest BCUT2D eigenvalue weighted by atomic mass is 10.1. The Morgan fingerprint density at radius 2 is 1.77 bits per heavy atom. The molecule has 0 bridgehead atoms. The van der Waals surface area contributed by atoms with E-state index in [2.05, 4.69) is 40.6 Å². The fourth-order valence-corrected chi connectivity index (χ4v) is 3.18. The van der Waals surface area contributed by atoms with Gasteiger partial charge in [-0.25, -0.2) is 4.99 Å². The number of aromatic nitrogens is 2. The van der Waals surface area contributed by atoms with Crippen LogP contribution in [0.25, 0.3) is 0 Å².